The molecule has 130 valence electrons. The highest BCUT2D eigenvalue weighted by Crippen LogP contribution is 2.24. The number of fused-ring (bicyclic) bond motifs is 2. The molecular formula is C20H11N3O4. The van der Waals surface area contributed by atoms with Crippen LogP contribution in [-0.4, -0.2) is 15.0 Å². The molecule has 3 aromatic heterocycles. The smallest absolute Gasteiger partial charge is 0.347 e. The largest absolute Gasteiger partial charge is 0.403 e. The number of nitrogens with one attached hydrogen (secondary N) is 1. The van der Waals surface area contributed by atoms with Gasteiger partial charge in [-0.25, -0.2) is 19.6 Å². The van der Waals surface area contributed by atoms with Gasteiger partial charge in [-0.1, -0.05) is 24.3 Å². The molecule has 0 aliphatic heterocycles. The van der Waals surface area contributed by atoms with Gasteiger partial charge >= 0.3 is 11.3 Å². The molecule has 0 aliphatic rings. The van der Waals surface area contributed by atoms with Crippen molar-refractivity contribution in [1.29, 1.82) is 0 Å². The maximum absolute atomic E-state index is 12.2. The molecule has 5 rings (SSSR count). The minimum Gasteiger partial charge on any atom is -0.403 e. The molecule has 2 aromatic carbocycles. The summed E-state index contributed by atoms with van der Waals surface area (Å²) in [5.41, 5.74) is 1.17. The summed E-state index contributed by atoms with van der Waals surface area (Å²) in [6.07, 6.45) is 1.62. The molecule has 0 atom stereocenters. The third kappa shape index (κ3) is 2.53. The van der Waals surface area contributed by atoms with Crippen molar-refractivity contribution >= 4 is 21.8 Å². The maximum atomic E-state index is 12.2. The van der Waals surface area contributed by atoms with Gasteiger partial charge in [0.05, 0.1) is 27.4 Å². The lowest BCUT2D eigenvalue weighted by atomic mass is 10.2. The van der Waals surface area contributed by atoms with Crippen LogP contribution in [0.15, 0.2) is 79.2 Å². The van der Waals surface area contributed by atoms with E-state index in [0.29, 0.717) is 33.1 Å². The van der Waals surface area contributed by atoms with E-state index >= 15 is 0 Å². The molecule has 0 radical (unpaired) electrons. The van der Waals surface area contributed by atoms with Crippen LogP contribution in [0.5, 0.6) is 0 Å². The van der Waals surface area contributed by atoms with Crippen molar-refractivity contribution in [2.24, 2.45) is 0 Å². The van der Waals surface area contributed by atoms with Crippen molar-refractivity contribution < 1.29 is 8.83 Å². The SMILES string of the molecule is O=c1oc(-c2c[nH]c(-c3nc4ccccc4c(=O)o3)c2)nc2ccccc12. The summed E-state index contributed by atoms with van der Waals surface area (Å²) >= 11 is 0. The summed E-state index contributed by atoms with van der Waals surface area (Å²) in [4.78, 5) is 36.0. The number of para-hydroxylation sites is 2. The Bertz CT molecular complexity index is 1320. The summed E-state index contributed by atoms with van der Waals surface area (Å²) < 4.78 is 10.6. The third-order valence-electron chi connectivity index (χ3n) is 4.23. The molecule has 0 saturated carbocycles. The summed E-state index contributed by atoms with van der Waals surface area (Å²) in [5, 5.41) is 0.828. The fraction of sp³-hybridized carbons (Fsp3) is 0. The van der Waals surface area contributed by atoms with Gasteiger partial charge in [0.15, 0.2) is 0 Å². The Balaban J connectivity index is 1.63. The topological polar surface area (TPSA) is 102 Å². The van der Waals surface area contributed by atoms with Crippen molar-refractivity contribution in [3.63, 3.8) is 0 Å². The molecule has 5 aromatic rings. The highest BCUT2D eigenvalue weighted by Gasteiger charge is 2.14. The monoisotopic (exact) mass is 357 g/mol. The van der Waals surface area contributed by atoms with Gasteiger partial charge in [0.1, 0.15) is 5.69 Å². The van der Waals surface area contributed by atoms with Crippen LogP contribution in [0.4, 0.5) is 0 Å². The van der Waals surface area contributed by atoms with Gasteiger partial charge < -0.3 is 13.8 Å². The van der Waals surface area contributed by atoms with Crippen LogP contribution in [0.2, 0.25) is 0 Å². The Hall–Kier alpha value is -4.00. The Kier molecular flexibility index (Phi) is 3.26. The second-order valence-corrected chi connectivity index (χ2v) is 5.95. The van der Waals surface area contributed by atoms with Gasteiger partial charge in [0.2, 0.25) is 11.8 Å². The molecule has 7 nitrogen and oxygen atoms in total. The van der Waals surface area contributed by atoms with E-state index in [2.05, 4.69) is 15.0 Å². The normalized spacial score (nSPS) is 11.3. The Morgan fingerprint density at radius 1 is 0.741 bits per heavy atom. The number of H-pyrrole nitrogens is 1. The van der Waals surface area contributed by atoms with Crippen LogP contribution in [0.25, 0.3) is 44.8 Å². The van der Waals surface area contributed by atoms with Gasteiger partial charge in [0.25, 0.3) is 0 Å². The number of rotatable bonds is 2. The minimum atomic E-state index is -0.470. The van der Waals surface area contributed by atoms with Gasteiger partial charge in [0, 0.05) is 6.20 Å². The van der Waals surface area contributed by atoms with Gasteiger partial charge in [-0.15, -0.1) is 0 Å². The molecule has 0 bridgehead atoms. The first-order valence-electron chi connectivity index (χ1n) is 8.18. The average molecular weight is 357 g/mol. The van der Waals surface area contributed by atoms with E-state index in [1.807, 2.05) is 0 Å². The first-order valence-corrected chi connectivity index (χ1v) is 8.18. The highest BCUT2D eigenvalue weighted by molar-refractivity contribution is 5.80. The lowest BCUT2D eigenvalue weighted by molar-refractivity contribution is 0.516. The van der Waals surface area contributed by atoms with Crippen LogP contribution in [0.3, 0.4) is 0 Å². The van der Waals surface area contributed by atoms with Gasteiger partial charge in [-0.3, -0.25) is 0 Å². The van der Waals surface area contributed by atoms with Gasteiger partial charge in [-0.05, 0) is 30.3 Å². The summed E-state index contributed by atoms with van der Waals surface area (Å²) in [6.45, 7) is 0. The van der Waals surface area contributed by atoms with Crippen LogP contribution in [0, 0.1) is 0 Å². The van der Waals surface area contributed by atoms with E-state index in [4.69, 9.17) is 8.83 Å². The molecular weight excluding hydrogens is 346 g/mol. The quantitative estimate of drug-likeness (QED) is 0.520. The number of hydrogen-bond acceptors (Lipinski definition) is 6. The van der Waals surface area contributed by atoms with Crippen LogP contribution < -0.4 is 11.3 Å². The minimum absolute atomic E-state index is 0.146. The molecule has 1 N–H and O–H groups in total. The van der Waals surface area contributed by atoms with Crippen molar-refractivity contribution in [2.75, 3.05) is 0 Å². The summed E-state index contributed by atoms with van der Waals surface area (Å²) in [5.74, 6) is 0.317. The molecule has 3 heterocycles. The molecule has 27 heavy (non-hydrogen) atoms. The van der Waals surface area contributed by atoms with Crippen LogP contribution >= 0.6 is 0 Å². The molecule has 0 aliphatic carbocycles. The standard InChI is InChI=1S/C20H11N3O4/c24-19-12-5-1-3-7-14(12)22-17(26-19)11-9-16(21-10-11)18-23-15-8-4-2-6-13(15)20(25)27-18/h1-10,21H. The number of nitrogens with zero attached hydrogens (tertiary/aromatic N) is 2. The van der Waals surface area contributed by atoms with Crippen molar-refractivity contribution in [3.05, 3.63) is 81.6 Å². The zero-order valence-corrected chi connectivity index (χ0v) is 13.8. The van der Waals surface area contributed by atoms with E-state index in [9.17, 15) is 9.59 Å². The van der Waals surface area contributed by atoms with E-state index < -0.39 is 11.3 Å². The summed E-state index contributed by atoms with van der Waals surface area (Å²) in [6, 6.07) is 15.6. The first-order chi connectivity index (χ1) is 13.2. The zero-order chi connectivity index (χ0) is 18.4. The number of benzene rings is 2. The maximum Gasteiger partial charge on any atom is 0.347 e. The summed E-state index contributed by atoms with van der Waals surface area (Å²) in [7, 11) is 0. The van der Waals surface area contributed by atoms with E-state index in [1.54, 1.807) is 60.8 Å². The van der Waals surface area contributed by atoms with Crippen LogP contribution in [0.1, 0.15) is 0 Å². The third-order valence-corrected chi connectivity index (χ3v) is 4.23. The van der Waals surface area contributed by atoms with E-state index in [0.717, 1.165) is 0 Å². The molecule has 0 unspecified atom stereocenters. The second kappa shape index (κ2) is 5.77. The van der Waals surface area contributed by atoms with E-state index in [-0.39, 0.29) is 11.8 Å². The molecule has 7 heteroatoms. The molecule has 0 amide bonds. The Morgan fingerprint density at radius 3 is 1.96 bits per heavy atom. The average Bonchev–Trinajstić information content (AvgIpc) is 3.18. The molecule has 0 saturated heterocycles. The Labute approximate surface area is 150 Å². The first kappa shape index (κ1) is 15.3. The highest BCUT2D eigenvalue weighted by atomic mass is 16.4. The van der Waals surface area contributed by atoms with Crippen molar-refractivity contribution in [1.82, 2.24) is 15.0 Å². The predicted molar refractivity (Wildman–Crippen MR) is 99.3 cm³/mol. The Morgan fingerprint density at radius 2 is 1.30 bits per heavy atom. The lowest BCUT2D eigenvalue weighted by Crippen LogP contribution is -2.02. The number of aromatic nitrogens is 3. The van der Waals surface area contributed by atoms with Gasteiger partial charge in [-0.2, -0.15) is 0 Å². The molecule has 0 fully saturated rings. The van der Waals surface area contributed by atoms with Crippen molar-refractivity contribution in [3.8, 4) is 23.0 Å². The number of aromatic amines is 1. The fourth-order valence-corrected chi connectivity index (χ4v) is 2.92. The van der Waals surface area contributed by atoms with E-state index in [1.165, 1.54) is 0 Å². The van der Waals surface area contributed by atoms with Crippen LogP contribution in [-0.2, 0) is 0 Å². The lowest BCUT2D eigenvalue weighted by Gasteiger charge is -1.99. The predicted octanol–water partition coefficient (Wildman–Crippen LogP) is 3.35. The number of hydrogen-bond donors (Lipinski definition) is 1. The zero-order valence-electron chi connectivity index (χ0n) is 13.8. The second-order valence-electron chi connectivity index (χ2n) is 5.95. The van der Waals surface area contributed by atoms with Crippen molar-refractivity contribution in [2.45, 2.75) is 0 Å². The molecule has 0 spiro atoms. The fourth-order valence-electron chi connectivity index (χ4n) is 2.92.